The maximum atomic E-state index is 4.39. The van der Waals surface area contributed by atoms with Gasteiger partial charge in [-0.3, -0.25) is 4.99 Å². The molecule has 0 fully saturated rings. The number of thiocarbonyl (C=S) groups is 1. The van der Waals surface area contributed by atoms with Gasteiger partial charge in [-0.05, 0) is 18.6 Å². The van der Waals surface area contributed by atoms with Crippen molar-refractivity contribution in [2.24, 2.45) is 9.98 Å². The molecule has 0 amide bonds. The fourth-order valence-corrected chi connectivity index (χ4v) is 0.774. The van der Waals surface area contributed by atoms with Crippen LogP contribution in [0.25, 0.3) is 0 Å². The zero-order chi connectivity index (χ0) is 5.82. The zero-order valence-corrected chi connectivity index (χ0v) is 5.24. The van der Waals surface area contributed by atoms with Gasteiger partial charge in [0.15, 0.2) is 0 Å². The highest BCUT2D eigenvalue weighted by atomic mass is 32.1. The van der Waals surface area contributed by atoms with Crippen LogP contribution in [0.3, 0.4) is 0 Å². The van der Waals surface area contributed by atoms with Crippen LogP contribution in [0.1, 0.15) is 12.8 Å². The summed E-state index contributed by atoms with van der Waals surface area (Å²) in [5.74, 6) is 0.861. The highest BCUT2D eigenvalue weighted by Crippen LogP contribution is 2.02. The molecule has 0 atom stereocenters. The lowest BCUT2D eigenvalue weighted by atomic mass is 10.3. The highest BCUT2D eigenvalue weighted by molar-refractivity contribution is 7.78. The molecule has 0 aromatic heterocycles. The van der Waals surface area contributed by atoms with Crippen LogP contribution in [0.4, 0.5) is 0 Å². The van der Waals surface area contributed by atoms with Gasteiger partial charge in [0.05, 0.1) is 5.16 Å². The van der Waals surface area contributed by atoms with E-state index in [4.69, 9.17) is 0 Å². The molecule has 0 unspecified atom stereocenters. The van der Waals surface area contributed by atoms with Crippen LogP contribution < -0.4 is 0 Å². The van der Waals surface area contributed by atoms with E-state index < -0.39 is 0 Å². The summed E-state index contributed by atoms with van der Waals surface area (Å²) in [6.07, 6.45) is 2.10. The first-order valence-corrected chi connectivity index (χ1v) is 2.95. The topological polar surface area (TPSA) is 24.7 Å². The van der Waals surface area contributed by atoms with E-state index in [-0.39, 0.29) is 0 Å². The molecule has 1 aliphatic heterocycles. The van der Waals surface area contributed by atoms with Crippen molar-refractivity contribution in [1.29, 1.82) is 0 Å². The maximum absolute atomic E-state index is 4.39. The van der Waals surface area contributed by atoms with Crippen molar-refractivity contribution < 1.29 is 0 Å². The number of rotatable bonds is 0. The van der Waals surface area contributed by atoms with Crippen molar-refractivity contribution in [3.05, 3.63) is 0 Å². The third-order valence-electron chi connectivity index (χ3n) is 1.03. The quantitative estimate of drug-likeness (QED) is 0.354. The average Bonchev–Trinajstić information content (AvgIpc) is 2.19. The van der Waals surface area contributed by atoms with E-state index in [1.807, 2.05) is 0 Å². The van der Waals surface area contributed by atoms with E-state index in [9.17, 15) is 0 Å². The van der Waals surface area contributed by atoms with Crippen LogP contribution in [0.2, 0.25) is 0 Å². The second-order valence-electron chi connectivity index (χ2n) is 1.60. The lowest BCUT2D eigenvalue weighted by Crippen LogP contribution is -1.82. The van der Waals surface area contributed by atoms with Gasteiger partial charge in [0.2, 0.25) is 0 Å². The van der Waals surface area contributed by atoms with Crippen LogP contribution in [0, 0.1) is 0 Å². The Bertz CT molecular complexity index is 156. The minimum absolute atomic E-state index is 0.861. The van der Waals surface area contributed by atoms with E-state index in [1.54, 1.807) is 0 Å². The van der Waals surface area contributed by atoms with Gasteiger partial charge in [0.25, 0.3) is 0 Å². The van der Waals surface area contributed by atoms with E-state index in [0.717, 1.165) is 25.2 Å². The number of hydrogen-bond donors (Lipinski definition) is 0. The van der Waals surface area contributed by atoms with Gasteiger partial charge in [-0.2, -0.15) is 4.99 Å². The Hall–Kier alpha value is -0.530. The zero-order valence-electron chi connectivity index (χ0n) is 4.42. The molecule has 0 N–H and O–H groups in total. The molecule has 1 rings (SSSR count). The van der Waals surface area contributed by atoms with Gasteiger partial charge in [-0.15, -0.1) is 0 Å². The number of isothiocyanates is 1. The predicted molar refractivity (Wildman–Crippen MR) is 36.6 cm³/mol. The molecular formula is C5H6N2S. The Balaban J connectivity index is 2.57. The smallest absolute Gasteiger partial charge is 0.134 e. The largest absolute Gasteiger partial charge is 0.270 e. The third-order valence-corrected chi connectivity index (χ3v) is 1.12. The van der Waals surface area contributed by atoms with Gasteiger partial charge in [0.1, 0.15) is 5.84 Å². The fraction of sp³-hybridized carbons (Fsp3) is 0.600. The summed E-state index contributed by atoms with van der Waals surface area (Å²) < 4.78 is 0. The SMILES string of the molecule is S=C=NC1=NCCC1. The molecule has 42 valence electrons. The first-order valence-electron chi connectivity index (χ1n) is 2.54. The molecule has 3 heteroatoms. The van der Waals surface area contributed by atoms with E-state index in [2.05, 4.69) is 27.4 Å². The minimum Gasteiger partial charge on any atom is -0.270 e. The van der Waals surface area contributed by atoms with Crippen LogP contribution in [0.15, 0.2) is 9.98 Å². The Morgan fingerprint density at radius 2 is 2.62 bits per heavy atom. The molecule has 0 radical (unpaired) electrons. The van der Waals surface area contributed by atoms with Crippen molar-refractivity contribution in [3.63, 3.8) is 0 Å². The normalized spacial score (nSPS) is 17.2. The monoisotopic (exact) mass is 126 g/mol. The summed E-state index contributed by atoms with van der Waals surface area (Å²) in [6, 6.07) is 0. The van der Waals surface area contributed by atoms with Crippen molar-refractivity contribution in [3.8, 4) is 0 Å². The highest BCUT2D eigenvalue weighted by Gasteiger charge is 2.01. The number of amidine groups is 1. The first kappa shape index (κ1) is 5.60. The van der Waals surface area contributed by atoms with Gasteiger partial charge in [-0.25, -0.2) is 0 Å². The second-order valence-corrected chi connectivity index (χ2v) is 1.79. The predicted octanol–water partition coefficient (Wildman–Crippen LogP) is 1.28. The van der Waals surface area contributed by atoms with Crippen molar-refractivity contribution >= 4 is 23.2 Å². The summed E-state index contributed by atoms with van der Waals surface area (Å²) in [5.41, 5.74) is 0. The van der Waals surface area contributed by atoms with Crippen LogP contribution in [-0.4, -0.2) is 17.5 Å². The molecule has 0 bridgehead atoms. The van der Waals surface area contributed by atoms with E-state index in [1.165, 1.54) is 0 Å². The van der Waals surface area contributed by atoms with Gasteiger partial charge >= 0.3 is 0 Å². The summed E-state index contributed by atoms with van der Waals surface area (Å²) in [5, 5.41) is 2.29. The second kappa shape index (κ2) is 2.70. The lowest BCUT2D eigenvalue weighted by molar-refractivity contribution is 0.950. The van der Waals surface area contributed by atoms with E-state index in [0.29, 0.717) is 0 Å². The molecule has 1 heterocycles. The summed E-state index contributed by atoms with van der Waals surface area (Å²) in [6.45, 7) is 0.913. The Morgan fingerprint density at radius 1 is 1.75 bits per heavy atom. The molecule has 0 saturated heterocycles. The lowest BCUT2D eigenvalue weighted by Gasteiger charge is -1.79. The molecule has 0 spiro atoms. The summed E-state index contributed by atoms with van der Waals surface area (Å²) in [4.78, 5) is 7.78. The maximum Gasteiger partial charge on any atom is 0.134 e. The molecular weight excluding hydrogens is 120 g/mol. The molecule has 2 nitrogen and oxygen atoms in total. The van der Waals surface area contributed by atoms with Crippen molar-refractivity contribution in [2.75, 3.05) is 6.54 Å². The van der Waals surface area contributed by atoms with Crippen LogP contribution in [0.5, 0.6) is 0 Å². The Morgan fingerprint density at radius 3 is 3.12 bits per heavy atom. The number of hydrogen-bond acceptors (Lipinski definition) is 3. The first-order chi connectivity index (χ1) is 3.93. The number of aliphatic imine (C=N–C) groups is 2. The average molecular weight is 126 g/mol. The minimum atomic E-state index is 0.861. The van der Waals surface area contributed by atoms with Gasteiger partial charge < -0.3 is 0 Å². The Kier molecular flexibility index (Phi) is 1.89. The van der Waals surface area contributed by atoms with Crippen molar-refractivity contribution in [2.45, 2.75) is 12.8 Å². The molecule has 0 aliphatic carbocycles. The molecule has 0 saturated carbocycles. The van der Waals surface area contributed by atoms with Gasteiger partial charge in [0, 0.05) is 13.0 Å². The molecule has 0 aromatic rings. The standard InChI is InChI=1S/C5H6N2S/c8-4-7-5-2-1-3-6-5/h1-3H2. The molecule has 1 aliphatic rings. The molecule has 0 aromatic carbocycles. The fourth-order valence-electron chi connectivity index (χ4n) is 0.668. The number of nitrogens with zero attached hydrogens (tertiary/aromatic N) is 2. The third kappa shape index (κ3) is 1.22. The summed E-state index contributed by atoms with van der Waals surface area (Å²) >= 11 is 4.39. The van der Waals surface area contributed by atoms with Crippen molar-refractivity contribution in [1.82, 2.24) is 0 Å². The van der Waals surface area contributed by atoms with Crippen LogP contribution >= 0.6 is 12.2 Å². The molecule has 8 heavy (non-hydrogen) atoms. The van der Waals surface area contributed by atoms with Gasteiger partial charge in [-0.1, -0.05) is 0 Å². The summed E-state index contributed by atoms with van der Waals surface area (Å²) in [7, 11) is 0. The van der Waals surface area contributed by atoms with Crippen LogP contribution in [-0.2, 0) is 0 Å². The Labute approximate surface area is 53.3 Å². The van der Waals surface area contributed by atoms with E-state index >= 15 is 0 Å².